The van der Waals surface area contributed by atoms with Crippen molar-refractivity contribution in [1.82, 2.24) is 15.5 Å². The third kappa shape index (κ3) is 7.40. The minimum absolute atomic E-state index is 0. The van der Waals surface area contributed by atoms with Crippen molar-refractivity contribution in [1.29, 1.82) is 0 Å². The Morgan fingerprint density at radius 3 is 2.52 bits per heavy atom. The number of methoxy groups -OCH3 is 1. The number of ether oxygens (including phenoxy) is 1. The van der Waals surface area contributed by atoms with Gasteiger partial charge in [-0.2, -0.15) is 0 Å². The summed E-state index contributed by atoms with van der Waals surface area (Å²) in [5.74, 6) is 3.34. The molecule has 0 saturated carbocycles. The lowest BCUT2D eigenvalue weighted by molar-refractivity contribution is 0.143. The topological polar surface area (TPSA) is 48.9 Å². The highest BCUT2D eigenvalue weighted by Crippen LogP contribution is 2.20. The predicted octanol–water partition coefficient (Wildman–Crippen LogP) is 2.96. The van der Waals surface area contributed by atoms with Crippen LogP contribution in [-0.2, 0) is 6.54 Å². The first kappa shape index (κ1) is 22.0. The molecule has 2 N–H and O–H groups in total. The van der Waals surface area contributed by atoms with E-state index in [1.54, 1.807) is 7.11 Å². The summed E-state index contributed by atoms with van der Waals surface area (Å²) < 4.78 is 5.38. The Morgan fingerprint density at radius 2 is 1.88 bits per heavy atom. The first-order valence-corrected chi connectivity index (χ1v) is 8.91. The molecule has 0 aromatic heterocycles. The quantitative estimate of drug-likeness (QED) is 0.390. The predicted molar refractivity (Wildman–Crippen MR) is 116 cm³/mol. The van der Waals surface area contributed by atoms with Crippen LogP contribution in [0.1, 0.15) is 25.8 Å². The van der Waals surface area contributed by atoms with Crippen LogP contribution >= 0.6 is 24.0 Å². The number of guanidine groups is 1. The molecule has 1 aliphatic heterocycles. The van der Waals surface area contributed by atoms with E-state index >= 15 is 0 Å². The van der Waals surface area contributed by atoms with Crippen LogP contribution in [0.4, 0.5) is 0 Å². The van der Waals surface area contributed by atoms with Gasteiger partial charge in [-0.25, -0.2) is 0 Å². The summed E-state index contributed by atoms with van der Waals surface area (Å²) in [7, 11) is 3.51. The summed E-state index contributed by atoms with van der Waals surface area (Å²) in [5.41, 5.74) is 1.13. The van der Waals surface area contributed by atoms with E-state index in [1.165, 1.54) is 19.5 Å². The average molecular weight is 460 g/mol. The number of rotatable bonds is 6. The lowest BCUT2D eigenvalue weighted by Crippen LogP contribution is -2.45. The van der Waals surface area contributed by atoms with E-state index in [9.17, 15) is 0 Å². The summed E-state index contributed by atoms with van der Waals surface area (Å²) in [4.78, 5) is 6.86. The van der Waals surface area contributed by atoms with Gasteiger partial charge in [-0.05, 0) is 24.3 Å². The molecule has 0 spiro atoms. The summed E-state index contributed by atoms with van der Waals surface area (Å²) in [6.45, 7) is 9.78. The Hall–Kier alpha value is -1.02. The van der Waals surface area contributed by atoms with Gasteiger partial charge < -0.3 is 20.3 Å². The Balaban J connectivity index is 0.00000312. The second kappa shape index (κ2) is 11.6. The van der Waals surface area contributed by atoms with Gasteiger partial charge in [-0.15, -0.1) is 24.0 Å². The second-order valence-electron chi connectivity index (χ2n) is 6.87. The Morgan fingerprint density at radius 1 is 1.20 bits per heavy atom. The monoisotopic (exact) mass is 460 g/mol. The second-order valence-corrected chi connectivity index (χ2v) is 6.87. The Kier molecular flexibility index (Phi) is 10.2. The first-order chi connectivity index (χ1) is 11.6. The van der Waals surface area contributed by atoms with Crippen molar-refractivity contribution in [3.8, 4) is 5.75 Å². The molecular weight excluding hydrogens is 427 g/mol. The van der Waals surface area contributed by atoms with Crippen LogP contribution in [0.2, 0.25) is 0 Å². The molecule has 0 amide bonds. The van der Waals surface area contributed by atoms with Gasteiger partial charge in [0.2, 0.25) is 0 Å². The molecule has 1 saturated heterocycles. The fourth-order valence-electron chi connectivity index (χ4n) is 3.56. The van der Waals surface area contributed by atoms with Crippen LogP contribution in [0.25, 0.3) is 0 Å². The molecule has 6 heteroatoms. The number of hydrogen-bond donors (Lipinski definition) is 2. The van der Waals surface area contributed by atoms with Crippen LogP contribution in [0, 0.1) is 11.8 Å². The van der Waals surface area contributed by atoms with Crippen molar-refractivity contribution >= 4 is 29.9 Å². The zero-order valence-corrected chi connectivity index (χ0v) is 18.2. The lowest BCUT2D eigenvalue weighted by atomic mass is 9.92. The smallest absolute Gasteiger partial charge is 0.191 e. The number of hydrogen-bond acceptors (Lipinski definition) is 3. The summed E-state index contributed by atoms with van der Waals surface area (Å²) in [6, 6.07) is 8.05. The molecule has 5 nitrogen and oxygen atoms in total. The third-order valence-electron chi connectivity index (χ3n) is 4.53. The minimum atomic E-state index is 0. The molecule has 0 aliphatic carbocycles. The number of nitrogens with one attached hydrogen (secondary N) is 2. The average Bonchev–Trinajstić information content (AvgIpc) is 2.57. The molecule has 2 atom stereocenters. The highest BCUT2D eigenvalue weighted by Gasteiger charge is 2.21. The van der Waals surface area contributed by atoms with Crippen LogP contribution in [0.15, 0.2) is 29.3 Å². The van der Waals surface area contributed by atoms with Crippen molar-refractivity contribution in [2.75, 3.05) is 40.3 Å². The summed E-state index contributed by atoms with van der Waals surface area (Å²) >= 11 is 0. The Bertz CT molecular complexity index is 528. The SMILES string of the molecule is CN=C(NCCN1CC(C)CC(C)C1)NCc1ccccc1OC.I. The van der Waals surface area contributed by atoms with Gasteiger partial charge in [0.25, 0.3) is 0 Å². The van der Waals surface area contributed by atoms with E-state index in [0.29, 0.717) is 6.54 Å². The first-order valence-electron chi connectivity index (χ1n) is 8.91. The molecular formula is C19H33IN4O. The fourth-order valence-corrected chi connectivity index (χ4v) is 3.56. The van der Waals surface area contributed by atoms with Crippen molar-refractivity contribution in [2.24, 2.45) is 16.8 Å². The summed E-state index contributed by atoms with van der Waals surface area (Å²) in [5, 5.41) is 6.77. The van der Waals surface area contributed by atoms with Gasteiger partial charge in [-0.1, -0.05) is 32.0 Å². The fraction of sp³-hybridized carbons (Fsp3) is 0.632. The molecule has 1 aromatic rings. The zero-order chi connectivity index (χ0) is 17.4. The van der Waals surface area contributed by atoms with Crippen molar-refractivity contribution in [3.63, 3.8) is 0 Å². The number of aliphatic imine (C=N–C) groups is 1. The van der Waals surface area contributed by atoms with E-state index in [1.807, 2.05) is 25.2 Å². The number of benzene rings is 1. The van der Waals surface area contributed by atoms with Crippen LogP contribution < -0.4 is 15.4 Å². The van der Waals surface area contributed by atoms with E-state index in [4.69, 9.17) is 4.74 Å². The number of nitrogens with zero attached hydrogens (tertiary/aromatic N) is 2. The van der Waals surface area contributed by atoms with E-state index in [0.717, 1.165) is 42.2 Å². The van der Waals surface area contributed by atoms with Crippen LogP contribution in [-0.4, -0.2) is 51.2 Å². The highest BCUT2D eigenvalue weighted by atomic mass is 127. The van der Waals surface area contributed by atoms with Gasteiger partial charge in [0.15, 0.2) is 5.96 Å². The minimum Gasteiger partial charge on any atom is -0.496 e. The van der Waals surface area contributed by atoms with Crippen molar-refractivity contribution in [3.05, 3.63) is 29.8 Å². The maximum atomic E-state index is 5.38. The van der Waals surface area contributed by atoms with Crippen molar-refractivity contribution < 1.29 is 4.74 Å². The molecule has 2 rings (SSSR count). The molecule has 0 radical (unpaired) electrons. The molecule has 1 aliphatic rings. The largest absolute Gasteiger partial charge is 0.496 e. The van der Waals surface area contributed by atoms with E-state index < -0.39 is 0 Å². The standard InChI is InChI=1S/C19H32N4O.HI/c1-15-11-16(2)14-23(13-15)10-9-21-19(20-3)22-12-17-7-5-6-8-18(17)24-4;/h5-8,15-16H,9-14H2,1-4H3,(H2,20,21,22);1H. The van der Waals surface area contributed by atoms with Gasteiger partial charge in [-0.3, -0.25) is 4.99 Å². The van der Waals surface area contributed by atoms with Gasteiger partial charge in [0.05, 0.1) is 7.11 Å². The van der Waals surface area contributed by atoms with Crippen molar-refractivity contribution in [2.45, 2.75) is 26.8 Å². The summed E-state index contributed by atoms with van der Waals surface area (Å²) in [6.07, 6.45) is 1.35. The molecule has 1 fully saturated rings. The third-order valence-corrected chi connectivity index (χ3v) is 4.53. The van der Waals surface area contributed by atoms with E-state index in [-0.39, 0.29) is 24.0 Å². The maximum Gasteiger partial charge on any atom is 0.191 e. The molecule has 25 heavy (non-hydrogen) atoms. The van der Waals surface area contributed by atoms with Crippen LogP contribution in [0.5, 0.6) is 5.75 Å². The number of piperidine rings is 1. The van der Waals surface area contributed by atoms with E-state index in [2.05, 4.69) is 40.4 Å². The van der Waals surface area contributed by atoms with Gasteiger partial charge >= 0.3 is 0 Å². The molecule has 142 valence electrons. The molecule has 1 heterocycles. The Labute approximate surface area is 169 Å². The van der Waals surface area contributed by atoms with Gasteiger partial charge in [0, 0.05) is 45.3 Å². The van der Waals surface area contributed by atoms with Gasteiger partial charge in [0.1, 0.15) is 5.75 Å². The number of halogens is 1. The normalized spacial score (nSPS) is 21.4. The number of para-hydroxylation sites is 1. The maximum absolute atomic E-state index is 5.38. The molecule has 1 aromatic carbocycles. The van der Waals surface area contributed by atoms with Crippen LogP contribution in [0.3, 0.4) is 0 Å². The lowest BCUT2D eigenvalue weighted by Gasteiger charge is -2.35. The number of likely N-dealkylation sites (tertiary alicyclic amines) is 1. The molecule has 2 unspecified atom stereocenters. The zero-order valence-electron chi connectivity index (χ0n) is 15.9. The molecule has 0 bridgehead atoms. The highest BCUT2D eigenvalue weighted by molar-refractivity contribution is 14.0.